The largest absolute Gasteiger partial charge is 0.489 e. The number of ether oxygens (including phenoxy) is 2. The van der Waals surface area contributed by atoms with Gasteiger partial charge in [0, 0.05) is 13.0 Å². The van der Waals surface area contributed by atoms with Crippen molar-refractivity contribution in [3.8, 4) is 11.5 Å². The minimum Gasteiger partial charge on any atom is -0.489 e. The molecule has 6 nitrogen and oxygen atoms in total. The molecule has 0 aliphatic carbocycles. The summed E-state index contributed by atoms with van der Waals surface area (Å²) in [5.41, 5.74) is 2.52. The zero-order valence-corrected chi connectivity index (χ0v) is 14.6. The minimum absolute atomic E-state index is 0.268. The van der Waals surface area contributed by atoms with E-state index in [1.54, 1.807) is 6.07 Å². The van der Waals surface area contributed by atoms with Gasteiger partial charge in [0.05, 0.1) is 35.5 Å². The summed E-state index contributed by atoms with van der Waals surface area (Å²) < 4.78 is 11.3. The third-order valence-corrected chi connectivity index (χ3v) is 4.28. The molecule has 0 unspecified atom stereocenters. The number of amides is 1. The lowest BCUT2D eigenvalue weighted by Gasteiger charge is -2.12. The van der Waals surface area contributed by atoms with Gasteiger partial charge in [-0.25, -0.2) is 4.98 Å². The van der Waals surface area contributed by atoms with Gasteiger partial charge in [-0.1, -0.05) is 23.7 Å². The second-order valence-corrected chi connectivity index (χ2v) is 6.29. The number of benzene rings is 2. The van der Waals surface area contributed by atoms with E-state index in [2.05, 4.69) is 15.3 Å². The average Bonchev–Trinajstić information content (AvgIpc) is 2.91. The number of fused-ring (bicyclic) bond motifs is 2. The summed E-state index contributed by atoms with van der Waals surface area (Å²) in [7, 11) is 0. The summed E-state index contributed by atoms with van der Waals surface area (Å²) in [6, 6.07) is 11.0. The van der Waals surface area contributed by atoms with Gasteiger partial charge in [-0.15, -0.1) is 0 Å². The number of rotatable bonds is 3. The maximum atomic E-state index is 12.4. The smallest absolute Gasteiger partial charge is 0.271 e. The van der Waals surface area contributed by atoms with Crippen LogP contribution in [0.15, 0.2) is 42.6 Å². The first-order chi connectivity index (χ1) is 12.7. The van der Waals surface area contributed by atoms with Crippen molar-refractivity contribution in [3.63, 3.8) is 0 Å². The highest BCUT2D eigenvalue weighted by Crippen LogP contribution is 2.37. The average molecular weight is 370 g/mol. The Hall–Kier alpha value is -2.86. The van der Waals surface area contributed by atoms with Gasteiger partial charge in [0.25, 0.3) is 5.91 Å². The Bertz CT molecular complexity index is 977. The fraction of sp³-hybridized carbons (Fsp3) is 0.211. The van der Waals surface area contributed by atoms with Crippen molar-refractivity contribution >= 4 is 28.5 Å². The molecule has 3 aromatic rings. The predicted octanol–water partition coefficient (Wildman–Crippen LogP) is 3.37. The molecule has 132 valence electrons. The Morgan fingerprint density at radius 3 is 2.85 bits per heavy atom. The van der Waals surface area contributed by atoms with E-state index >= 15 is 0 Å². The number of nitrogens with one attached hydrogen (secondary N) is 1. The summed E-state index contributed by atoms with van der Waals surface area (Å²) in [6.07, 6.45) is 2.27. The van der Waals surface area contributed by atoms with Crippen LogP contribution < -0.4 is 14.8 Å². The highest BCUT2D eigenvalue weighted by molar-refractivity contribution is 6.32. The Morgan fingerprint density at radius 1 is 1.15 bits per heavy atom. The van der Waals surface area contributed by atoms with Crippen molar-refractivity contribution in [2.45, 2.75) is 13.0 Å². The van der Waals surface area contributed by atoms with E-state index in [4.69, 9.17) is 21.1 Å². The number of carbonyl (C=O) groups excluding carboxylic acids is 1. The molecular formula is C19H16ClN3O3. The van der Waals surface area contributed by atoms with E-state index in [1.807, 2.05) is 30.3 Å². The van der Waals surface area contributed by atoms with Crippen LogP contribution in [0.5, 0.6) is 11.5 Å². The SMILES string of the molecule is O=C(NCc1cc(Cl)c2c(c1)OCCCO2)c1cnc2ccccc2n1. The summed E-state index contributed by atoms with van der Waals surface area (Å²) in [5.74, 6) is 0.857. The molecule has 0 fully saturated rings. The first-order valence-corrected chi connectivity index (χ1v) is 8.66. The lowest BCUT2D eigenvalue weighted by Crippen LogP contribution is -2.24. The molecule has 1 aliphatic rings. The number of para-hydroxylation sites is 2. The Labute approximate surface area is 155 Å². The molecule has 0 spiro atoms. The van der Waals surface area contributed by atoms with Crippen LogP contribution in [-0.4, -0.2) is 29.1 Å². The quantitative estimate of drug-likeness (QED) is 0.766. The van der Waals surface area contributed by atoms with Crippen molar-refractivity contribution in [2.24, 2.45) is 0 Å². The molecule has 0 saturated carbocycles. The van der Waals surface area contributed by atoms with Crippen molar-refractivity contribution in [1.29, 1.82) is 0 Å². The van der Waals surface area contributed by atoms with E-state index < -0.39 is 0 Å². The van der Waals surface area contributed by atoms with E-state index in [9.17, 15) is 4.79 Å². The molecule has 0 saturated heterocycles. The predicted molar refractivity (Wildman–Crippen MR) is 97.8 cm³/mol. The molecule has 0 bridgehead atoms. The number of aromatic nitrogens is 2. The molecule has 1 amide bonds. The highest BCUT2D eigenvalue weighted by atomic mass is 35.5. The van der Waals surface area contributed by atoms with Gasteiger partial charge in [0.1, 0.15) is 5.69 Å². The maximum Gasteiger partial charge on any atom is 0.271 e. The van der Waals surface area contributed by atoms with E-state index in [-0.39, 0.29) is 11.6 Å². The number of halogens is 1. The lowest BCUT2D eigenvalue weighted by atomic mass is 10.2. The summed E-state index contributed by atoms with van der Waals surface area (Å²) in [5, 5.41) is 3.30. The second kappa shape index (κ2) is 7.17. The van der Waals surface area contributed by atoms with E-state index in [0.717, 1.165) is 17.5 Å². The number of hydrogen-bond donors (Lipinski definition) is 1. The molecule has 0 radical (unpaired) electrons. The summed E-state index contributed by atoms with van der Waals surface area (Å²) in [6.45, 7) is 1.44. The van der Waals surface area contributed by atoms with Crippen LogP contribution in [0, 0.1) is 0 Å². The molecule has 7 heteroatoms. The van der Waals surface area contributed by atoms with Gasteiger partial charge in [-0.2, -0.15) is 0 Å². The Morgan fingerprint density at radius 2 is 1.96 bits per heavy atom. The van der Waals surface area contributed by atoms with Crippen LogP contribution in [0.2, 0.25) is 5.02 Å². The van der Waals surface area contributed by atoms with Crippen LogP contribution in [-0.2, 0) is 6.54 Å². The maximum absolute atomic E-state index is 12.4. The zero-order chi connectivity index (χ0) is 17.9. The molecule has 2 heterocycles. The Kier molecular flexibility index (Phi) is 4.58. The molecular weight excluding hydrogens is 354 g/mol. The monoisotopic (exact) mass is 369 g/mol. The van der Waals surface area contributed by atoms with E-state index in [1.165, 1.54) is 6.20 Å². The molecule has 0 atom stereocenters. The first-order valence-electron chi connectivity index (χ1n) is 8.29. The fourth-order valence-corrected chi connectivity index (χ4v) is 3.01. The van der Waals surface area contributed by atoms with Gasteiger partial charge in [-0.05, 0) is 29.8 Å². The topological polar surface area (TPSA) is 73.3 Å². The van der Waals surface area contributed by atoms with Gasteiger partial charge >= 0.3 is 0 Å². The van der Waals surface area contributed by atoms with Crippen LogP contribution in [0.3, 0.4) is 0 Å². The van der Waals surface area contributed by atoms with Crippen molar-refractivity contribution in [3.05, 3.63) is 58.9 Å². The fourth-order valence-electron chi connectivity index (χ4n) is 2.73. The first kappa shape index (κ1) is 16.6. The Balaban J connectivity index is 1.50. The van der Waals surface area contributed by atoms with Crippen LogP contribution in [0.25, 0.3) is 11.0 Å². The van der Waals surface area contributed by atoms with E-state index in [0.29, 0.717) is 41.8 Å². The van der Waals surface area contributed by atoms with Crippen LogP contribution in [0.4, 0.5) is 0 Å². The zero-order valence-electron chi connectivity index (χ0n) is 13.9. The minimum atomic E-state index is -0.300. The standard InChI is InChI=1S/C19H16ClN3O3/c20-13-8-12(9-17-18(13)26-7-3-6-25-17)10-22-19(24)16-11-21-14-4-1-2-5-15(14)23-16/h1-2,4-5,8-9,11H,3,6-7,10H2,(H,22,24). The lowest BCUT2D eigenvalue weighted by molar-refractivity contribution is 0.0946. The molecule has 1 aliphatic heterocycles. The van der Waals surface area contributed by atoms with Crippen LogP contribution in [0.1, 0.15) is 22.5 Å². The highest BCUT2D eigenvalue weighted by Gasteiger charge is 2.16. The molecule has 4 rings (SSSR count). The van der Waals surface area contributed by atoms with Crippen LogP contribution >= 0.6 is 11.6 Å². The van der Waals surface area contributed by atoms with Crippen molar-refractivity contribution < 1.29 is 14.3 Å². The van der Waals surface area contributed by atoms with Crippen molar-refractivity contribution in [1.82, 2.24) is 15.3 Å². The number of carbonyl (C=O) groups is 1. The van der Waals surface area contributed by atoms with Gasteiger partial charge in [0.15, 0.2) is 11.5 Å². The van der Waals surface area contributed by atoms with Gasteiger partial charge in [0.2, 0.25) is 0 Å². The molecule has 1 N–H and O–H groups in total. The molecule has 26 heavy (non-hydrogen) atoms. The molecule has 1 aromatic heterocycles. The third kappa shape index (κ3) is 3.41. The summed E-state index contributed by atoms with van der Waals surface area (Å²) >= 11 is 6.28. The number of nitrogens with zero attached hydrogens (tertiary/aromatic N) is 2. The summed E-state index contributed by atoms with van der Waals surface area (Å²) in [4.78, 5) is 21.0. The van der Waals surface area contributed by atoms with Gasteiger partial charge < -0.3 is 14.8 Å². The van der Waals surface area contributed by atoms with Crippen molar-refractivity contribution in [2.75, 3.05) is 13.2 Å². The second-order valence-electron chi connectivity index (χ2n) is 5.88. The number of hydrogen-bond acceptors (Lipinski definition) is 5. The third-order valence-electron chi connectivity index (χ3n) is 4.00. The van der Waals surface area contributed by atoms with Gasteiger partial charge in [-0.3, -0.25) is 9.78 Å². The normalized spacial score (nSPS) is 13.3. The molecule has 2 aromatic carbocycles.